The standard InChI is InChI=1S/C15H19FN2S/c1-11-4-5-12(16)8-13(11)18-14-17-9-15(10-19-14)6-2-3-7-15/h4-5,8H,2-3,6-7,9-10H2,1H3,(H,17,18). The molecule has 2 aliphatic rings. The maximum atomic E-state index is 13.3. The third-order valence-electron chi connectivity index (χ3n) is 4.18. The van der Waals surface area contributed by atoms with Crippen LogP contribution >= 0.6 is 11.8 Å². The molecule has 0 saturated heterocycles. The topological polar surface area (TPSA) is 24.4 Å². The Kier molecular flexibility index (Phi) is 3.52. The third-order valence-corrected chi connectivity index (χ3v) is 5.44. The van der Waals surface area contributed by atoms with Crippen molar-refractivity contribution in [2.75, 3.05) is 17.6 Å². The minimum atomic E-state index is -0.207. The Morgan fingerprint density at radius 1 is 1.32 bits per heavy atom. The Hall–Kier alpha value is -1.03. The van der Waals surface area contributed by atoms with E-state index in [1.54, 1.807) is 23.9 Å². The molecular weight excluding hydrogens is 259 g/mol. The zero-order valence-corrected chi connectivity index (χ0v) is 12.0. The van der Waals surface area contributed by atoms with Crippen molar-refractivity contribution in [3.63, 3.8) is 0 Å². The lowest BCUT2D eigenvalue weighted by molar-refractivity contribution is 0.359. The molecule has 1 aromatic rings. The van der Waals surface area contributed by atoms with Gasteiger partial charge >= 0.3 is 0 Å². The smallest absolute Gasteiger partial charge is 0.161 e. The molecule has 1 aliphatic carbocycles. The maximum Gasteiger partial charge on any atom is 0.161 e. The van der Waals surface area contributed by atoms with Crippen molar-refractivity contribution in [2.45, 2.75) is 32.6 Å². The van der Waals surface area contributed by atoms with Crippen molar-refractivity contribution < 1.29 is 4.39 Å². The van der Waals surface area contributed by atoms with Gasteiger partial charge in [0, 0.05) is 18.0 Å². The van der Waals surface area contributed by atoms with Crippen LogP contribution in [0.25, 0.3) is 0 Å². The van der Waals surface area contributed by atoms with Crippen LogP contribution in [0.1, 0.15) is 31.2 Å². The summed E-state index contributed by atoms with van der Waals surface area (Å²) in [6, 6.07) is 4.83. The molecule has 0 unspecified atom stereocenters. The molecular formula is C15H19FN2S. The predicted molar refractivity (Wildman–Crippen MR) is 80.4 cm³/mol. The van der Waals surface area contributed by atoms with E-state index in [1.165, 1.54) is 31.7 Å². The number of benzene rings is 1. The van der Waals surface area contributed by atoms with Crippen LogP contribution in [-0.4, -0.2) is 17.5 Å². The summed E-state index contributed by atoms with van der Waals surface area (Å²) in [5.41, 5.74) is 2.33. The van der Waals surface area contributed by atoms with Gasteiger partial charge in [0.15, 0.2) is 5.17 Å². The number of hydrogen-bond acceptors (Lipinski definition) is 3. The second-order valence-corrected chi connectivity index (χ2v) is 6.67. The second kappa shape index (κ2) is 5.16. The van der Waals surface area contributed by atoms with Gasteiger partial charge in [-0.2, -0.15) is 0 Å². The summed E-state index contributed by atoms with van der Waals surface area (Å²) >= 11 is 1.79. The molecule has 1 aromatic carbocycles. The summed E-state index contributed by atoms with van der Waals surface area (Å²) < 4.78 is 13.3. The van der Waals surface area contributed by atoms with Gasteiger partial charge in [0.05, 0.1) is 0 Å². The van der Waals surface area contributed by atoms with Gasteiger partial charge in [0.1, 0.15) is 5.82 Å². The van der Waals surface area contributed by atoms with Crippen LogP contribution in [0, 0.1) is 18.2 Å². The largest absolute Gasteiger partial charge is 0.335 e. The number of rotatable bonds is 1. The number of thioether (sulfide) groups is 1. The lowest BCUT2D eigenvalue weighted by atomic mass is 9.89. The minimum absolute atomic E-state index is 0.207. The van der Waals surface area contributed by atoms with E-state index in [-0.39, 0.29) is 5.82 Å². The van der Waals surface area contributed by atoms with Crippen LogP contribution in [0.3, 0.4) is 0 Å². The van der Waals surface area contributed by atoms with Gasteiger partial charge in [-0.25, -0.2) is 4.39 Å². The molecule has 4 heteroatoms. The molecule has 0 aromatic heterocycles. The first-order valence-corrected chi connectivity index (χ1v) is 7.86. The molecule has 19 heavy (non-hydrogen) atoms. The fourth-order valence-electron chi connectivity index (χ4n) is 2.90. The molecule has 3 rings (SSSR count). The Bertz CT molecular complexity index is 507. The molecule has 1 aliphatic heterocycles. The van der Waals surface area contributed by atoms with Gasteiger partial charge in [-0.15, -0.1) is 0 Å². The number of anilines is 1. The lowest BCUT2D eigenvalue weighted by Crippen LogP contribution is -2.30. The van der Waals surface area contributed by atoms with Crippen molar-refractivity contribution in [3.05, 3.63) is 29.6 Å². The number of amidine groups is 1. The highest BCUT2D eigenvalue weighted by Gasteiger charge is 2.36. The van der Waals surface area contributed by atoms with Crippen molar-refractivity contribution in [1.29, 1.82) is 0 Å². The quantitative estimate of drug-likeness (QED) is 0.832. The van der Waals surface area contributed by atoms with Crippen LogP contribution in [0.4, 0.5) is 10.1 Å². The van der Waals surface area contributed by atoms with E-state index in [9.17, 15) is 4.39 Å². The summed E-state index contributed by atoms with van der Waals surface area (Å²) in [6.45, 7) is 2.91. The predicted octanol–water partition coefficient (Wildman–Crippen LogP) is 4.21. The van der Waals surface area contributed by atoms with Crippen molar-refractivity contribution in [1.82, 2.24) is 0 Å². The fourth-order valence-corrected chi connectivity index (χ4v) is 4.06. The highest BCUT2D eigenvalue weighted by molar-refractivity contribution is 8.14. The first-order valence-electron chi connectivity index (χ1n) is 6.87. The maximum absolute atomic E-state index is 13.3. The van der Waals surface area contributed by atoms with Crippen molar-refractivity contribution in [3.8, 4) is 0 Å². The number of aryl methyl sites for hydroxylation is 1. The zero-order chi connectivity index (χ0) is 13.3. The molecule has 1 spiro atoms. The third kappa shape index (κ3) is 2.78. The fraction of sp³-hybridized carbons (Fsp3) is 0.533. The van der Waals surface area contributed by atoms with Gasteiger partial charge < -0.3 is 5.32 Å². The molecule has 1 saturated carbocycles. The number of halogens is 1. The number of hydrogen-bond donors (Lipinski definition) is 1. The zero-order valence-electron chi connectivity index (χ0n) is 11.2. The van der Waals surface area contributed by atoms with Gasteiger partial charge in [0.25, 0.3) is 0 Å². The Balaban J connectivity index is 1.71. The molecule has 0 atom stereocenters. The molecule has 2 nitrogen and oxygen atoms in total. The lowest BCUT2D eigenvalue weighted by Gasteiger charge is -2.31. The molecule has 0 bridgehead atoms. The first-order chi connectivity index (χ1) is 9.17. The molecule has 1 fully saturated rings. The van der Waals surface area contributed by atoms with Crippen LogP contribution in [0.2, 0.25) is 0 Å². The highest BCUT2D eigenvalue weighted by Crippen LogP contribution is 2.43. The van der Waals surface area contributed by atoms with E-state index < -0.39 is 0 Å². The van der Waals surface area contributed by atoms with E-state index in [4.69, 9.17) is 0 Å². The van der Waals surface area contributed by atoms with Gasteiger partial charge in [-0.3, -0.25) is 4.99 Å². The first kappa shape index (κ1) is 13.0. The second-order valence-electron chi connectivity index (χ2n) is 5.70. The van der Waals surface area contributed by atoms with Crippen molar-refractivity contribution in [2.24, 2.45) is 10.4 Å². The van der Waals surface area contributed by atoms with Crippen LogP contribution in [0.15, 0.2) is 23.2 Å². The van der Waals surface area contributed by atoms with E-state index in [0.29, 0.717) is 5.41 Å². The molecule has 0 radical (unpaired) electrons. The van der Waals surface area contributed by atoms with Crippen molar-refractivity contribution >= 4 is 22.6 Å². The van der Waals surface area contributed by atoms with E-state index >= 15 is 0 Å². The van der Waals surface area contributed by atoms with Gasteiger partial charge in [0.2, 0.25) is 0 Å². The number of aliphatic imine (C=N–C) groups is 1. The SMILES string of the molecule is Cc1ccc(F)cc1NC1=NCC2(CCCC2)CS1. The summed E-state index contributed by atoms with van der Waals surface area (Å²) in [5.74, 6) is 0.939. The summed E-state index contributed by atoms with van der Waals surface area (Å²) in [7, 11) is 0. The summed E-state index contributed by atoms with van der Waals surface area (Å²) in [4.78, 5) is 4.68. The minimum Gasteiger partial charge on any atom is -0.335 e. The van der Waals surface area contributed by atoms with Crippen LogP contribution < -0.4 is 5.32 Å². The van der Waals surface area contributed by atoms with E-state index in [2.05, 4.69) is 10.3 Å². The normalized spacial score (nSPS) is 21.5. The molecule has 102 valence electrons. The van der Waals surface area contributed by atoms with E-state index in [1.807, 2.05) is 6.92 Å². The number of nitrogens with one attached hydrogen (secondary N) is 1. The molecule has 1 N–H and O–H groups in total. The molecule has 1 heterocycles. The Labute approximate surface area is 117 Å². The summed E-state index contributed by atoms with van der Waals surface area (Å²) in [5, 5.41) is 4.21. The molecule has 0 amide bonds. The highest BCUT2D eigenvalue weighted by atomic mass is 32.2. The Morgan fingerprint density at radius 2 is 2.11 bits per heavy atom. The van der Waals surface area contributed by atoms with Gasteiger partial charge in [-0.1, -0.05) is 30.7 Å². The monoisotopic (exact) mass is 278 g/mol. The number of nitrogens with zero attached hydrogens (tertiary/aromatic N) is 1. The average molecular weight is 278 g/mol. The Morgan fingerprint density at radius 3 is 2.79 bits per heavy atom. The van der Waals surface area contributed by atoms with Crippen LogP contribution in [0.5, 0.6) is 0 Å². The average Bonchev–Trinajstić information content (AvgIpc) is 2.85. The summed E-state index contributed by atoms with van der Waals surface area (Å²) in [6.07, 6.45) is 5.33. The van der Waals surface area contributed by atoms with Gasteiger partial charge in [-0.05, 0) is 42.9 Å². The van der Waals surface area contributed by atoms with Crippen LogP contribution in [-0.2, 0) is 0 Å². The van der Waals surface area contributed by atoms with E-state index in [0.717, 1.165) is 28.7 Å².